The van der Waals surface area contributed by atoms with Gasteiger partial charge in [0.1, 0.15) is 11.4 Å². The van der Waals surface area contributed by atoms with Crippen LogP contribution in [0.15, 0.2) is 41.3 Å². The molecule has 0 bridgehead atoms. The van der Waals surface area contributed by atoms with Crippen molar-refractivity contribution in [1.82, 2.24) is 9.88 Å². The number of alkyl halides is 1. The molecular formula is C25H35FN4O4S. The summed E-state index contributed by atoms with van der Waals surface area (Å²) in [4.78, 5) is 21.0. The summed E-state index contributed by atoms with van der Waals surface area (Å²) < 4.78 is 46.7. The molecular weight excluding hydrogens is 471 g/mol. The van der Waals surface area contributed by atoms with E-state index in [-0.39, 0.29) is 22.9 Å². The van der Waals surface area contributed by atoms with Crippen molar-refractivity contribution in [3.63, 3.8) is 0 Å². The van der Waals surface area contributed by atoms with Gasteiger partial charge in [0, 0.05) is 31.6 Å². The van der Waals surface area contributed by atoms with E-state index in [1.54, 1.807) is 43.0 Å². The molecule has 1 saturated heterocycles. The Balaban J connectivity index is 1.68. The summed E-state index contributed by atoms with van der Waals surface area (Å²) in [7, 11) is -3.82. The van der Waals surface area contributed by atoms with Crippen LogP contribution in [0.1, 0.15) is 51.8 Å². The molecule has 8 nitrogen and oxygen atoms in total. The Morgan fingerprint density at radius 2 is 1.86 bits per heavy atom. The lowest BCUT2D eigenvalue weighted by molar-refractivity contribution is 0.0158. The quantitative estimate of drug-likeness (QED) is 0.610. The molecule has 1 aliphatic rings. The standard InChI is InChI=1S/C25H35FN4O4S/c1-17(15-26)20-7-9-21(10-8-20)35(32,33)28-22-11-12-23(27-19(22)3)29-13-14-30(18(2)16-29)24(31)34-25(4,5)6/h7-12,17-18,28H,13-16H2,1-6H3. The molecule has 1 aromatic carbocycles. The van der Waals surface area contributed by atoms with Gasteiger partial charge in [-0.15, -0.1) is 0 Å². The summed E-state index contributed by atoms with van der Waals surface area (Å²) in [6.07, 6.45) is -0.328. The van der Waals surface area contributed by atoms with Crippen molar-refractivity contribution in [3.05, 3.63) is 47.7 Å². The Labute approximate surface area is 207 Å². The molecule has 1 aliphatic heterocycles. The first-order valence-corrected chi connectivity index (χ1v) is 13.2. The third kappa shape index (κ3) is 6.62. The summed E-state index contributed by atoms with van der Waals surface area (Å²) in [5, 5.41) is 0. The lowest BCUT2D eigenvalue weighted by atomic mass is 10.0. The number of halogens is 1. The molecule has 2 unspecified atom stereocenters. The molecule has 3 rings (SSSR count). The number of carbonyl (C=O) groups is 1. The highest BCUT2D eigenvalue weighted by molar-refractivity contribution is 7.92. The summed E-state index contributed by atoms with van der Waals surface area (Å²) in [5.41, 5.74) is 1.12. The summed E-state index contributed by atoms with van der Waals surface area (Å²) >= 11 is 0. The van der Waals surface area contributed by atoms with Gasteiger partial charge in [0.2, 0.25) is 0 Å². The second kappa shape index (κ2) is 10.4. The minimum absolute atomic E-state index is 0.0676. The number of hydrogen-bond acceptors (Lipinski definition) is 6. The number of nitrogens with zero attached hydrogens (tertiary/aromatic N) is 3. The molecule has 192 valence electrons. The molecule has 1 N–H and O–H groups in total. The second-order valence-electron chi connectivity index (χ2n) is 10.0. The lowest BCUT2D eigenvalue weighted by Gasteiger charge is -2.40. The molecule has 35 heavy (non-hydrogen) atoms. The van der Waals surface area contributed by atoms with Gasteiger partial charge in [-0.2, -0.15) is 0 Å². The third-order valence-corrected chi connectivity index (χ3v) is 7.27. The van der Waals surface area contributed by atoms with Crippen LogP contribution in [0.2, 0.25) is 0 Å². The van der Waals surface area contributed by atoms with Crippen LogP contribution in [0.5, 0.6) is 0 Å². The molecule has 0 spiro atoms. The Bertz CT molecular complexity index is 1150. The van der Waals surface area contributed by atoms with E-state index in [4.69, 9.17) is 4.74 Å². The van der Waals surface area contributed by atoms with Gasteiger partial charge in [-0.05, 0) is 64.4 Å². The first-order chi connectivity index (χ1) is 16.3. The fourth-order valence-electron chi connectivity index (χ4n) is 3.86. The van der Waals surface area contributed by atoms with Gasteiger partial charge in [-0.3, -0.25) is 9.11 Å². The number of anilines is 2. The Morgan fingerprint density at radius 1 is 1.20 bits per heavy atom. The van der Waals surface area contributed by atoms with Crippen molar-refractivity contribution in [2.24, 2.45) is 0 Å². The molecule has 2 heterocycles. The summed E-state index contributed by atoms with van der Waals surface area (Å²) in [5.74, 6) is 0.429. The number of amides is 1. The van der Waals surface area contributed by atoms with Crippen molar-refractivity contribution < 1.29 is 22.3 Å². The fourth-order valence-corrected chi connectivity index (χ4v) is 4.98. The smallest absolute Gasteiger partial charge is 0.410 e. The van der Waals surface area contributed by atoms with Crippen molar-refractivity contribution >= 4 is 27.6 Å². The van der Waals surface area contributed by atoms with Crippen LogP contribution in [0.4, 0.5) is 20.7 Å². The van der Waals surface area contributed by atoms with E-state index in [0.717, 1.165) is 5.56 Å². The zero-order valence-corrected chi connectivity index (χ0v) is 22.0. The minimum Gasteiger partial charge on any atom is -0.444 e. The van der Waals surface area contributed by atoms with Gasteiger partial charge in [-0.1, -0.05) is 19.1 Å². The molecule has 1 amide bonds. The molecule has 0 radical (unpaired) electrons. The van der Waals surface area contributed by atoms with Crippen LogP contribution in [-0.4, -0.2) is 62.3 Å². The van der Waals surface area contributed by atoms with Crippen molar-refractivity contribution in [2.75, 3.05) is 35.9 Å². The van der Waals surface area contributed by atoms with Gasteiger partial charge in [0.25, 0.3) is 10.0 Å². The maximum Gasteiger partial charge on any atom is 0.410 e. The van der Waals surface area contributed by atoms with Crippen molar-refractivity contribution in [3.8, 4) is 0 Å². The van der Waals surface area contributed by atoms with Gasteiger partial charge >= 0.3 is 6.09 Å². The number of ether oxygens (including phenoxy) is 1. The number of hydrogen-bond donors (Lipinski definition) is 1. The number of aromatic nitrogens is 1. The maximum absolute atomic E-state index is 12.9. The van der Waals surface area contributed by atoms with Crippen LogP contribution >= 0.6 is 0 Å². The molecule has 2 atom stereocenters. The van der Waals surface area contributed by atoms with Gasteiger partial charge < -0.3 is 14.5 Å². The van der Waals surface area contributed by atoms with Crippen LogP contribution in [0, 0.1) is 6.92 Å². The zero-order chi connectivity index (χ0) is 26.0. The lowest BCUT2D eigenvalue weighted by Crippen LogP contribution is -2.55. The average Bonchev–Trinajstić information content (AvgIpc) is 2.78. The van der Waals surface area contributed by atoms with Crippen LogP contribution in [0.3, 0.4) is 0 Å². The highest BCUT2D eigenvalue weighted by atomic mass is 32.2. The maximum atomic E-state index is 12.9. The molecule has 1 fully saturated rings. The first-order valence-electron chi connectivity index (χ1n) is 11.7. The van der Waals surface area contributed by atoms with E-state index in [1.807, 2.05) is 27.7 Å². The third-order valence-electron chi connectivity index (χ3n) is 5.89. The number of piperazine rings is 1. The van der Waals surface area contributed by atoms with E-state index >= 15 is 0 Å². The predicted molar refractivity (Wildman–Crippen MR) is 135 cm³/mol. The Morgan fingerprint density at radius 3 is 2.40 bits per heavy atom. The van der Waals surface area contributed by atoms with Gasteiger partial charge in [0.05, 0.1) is 23.0 Å². The van der Waals surface area contributed by atoms with Gasteiger partial charge in [0.15, 0.2) is 0 Å². The Kier molecular flexibility index (Phi) is 7.93. The molecule has 1 aromatic heterocycles. The largest absolute Gasteiger partial charge is 0.444 e. The zero-order valence-electron chi connectivity index (χ0n) is 21.2. The normalized spacial score (nSPS) is 17.7. The number of nitrogens with one attached hydrogen (secondary N) is 1. The van der Waals surface area contributed by atoms with E-state index in [2.05, 4.69) is 14.6 Å². The number of aryl methyl sites for hydroxylation is 1. The van der Waals surface area contributed by atoms with E-state index in [9.17, 15) is 17.6 Å². The number of rotatable bonds is 6. The number of pyridine rings is 1. The SMILES string of the molecule is Cc1nc(N2CCN(C(=O)OC(C)(C)C)C(C)C2)ccc1NS(=O)(=O)c1ccc(C(C)CF)cc1. The molecule has 0 aliphatic carbocycles. The summed E-state index contributed by atoms with van der Waals surface area (Å²) in [6, 6.07) is 9.61. The highest BCUT2D eigenvalue weighted by Gasteiger charge is 2.31. The van der Waals surface area contributed by atoms with Gasteiger partial charge in [-0.25, -0.2) is 18.2 Å². The van der Waals surface area contributed by atoms with E-state index < -0.39 is 22.3 Å². The monoisotopic (exact) mass is 506 g/mol. The van der Waals surface area contributed by atoms with Crippen LogP contribution in [-0.2, 0) is 14.8 Å². The highest BCUT2D eigenvalue weighted by Crippen LogP contribution is 2.25. The summed E-state index contributed by atoms with van der Waals surface area (Å²) in [6.45, 7) is 12.2. The number of sulfonamides is 1. The van der Waals surface area contributed by atoms with Crippen molar-refractivity contribution in [2.45, 2.75) is 64.0 Å². The molecule has 2 aromatic rings. The molecule has 0 saturated carbocycles. The number of benzene rings is 1. The molecule has 10 heteroatoms. The minimum atomic E-state index is -3.82. The fraction of sp³-hybridized carbons (Fsp3) is 0.520. The topological polar surface area (TPSA) is 91.8 Å². The number of carbonyl (C=O) groups excluding carboxylic acids is 1. The van der Waals surface area contributed by atoms with Crippen LogP contribution in [0.25, 0.3) is 0 Å². The van der Waals surface area contributed by atoms with Crippen LogP contribution < -0.4 is 9.62 Å². The predicted octanol–water partition coefficient (Wildman–Crippen LogP) is 4.71. The second-order valence-corrected chi connectivity index (χ2v) is 11.7. The average molecular weight is 507 g/mol. The Hall–Kier alpha value is -2.88. The van der Waals surface area contributed by atoms with E-state index in [1.165, 1.54) is 12.1 Å². The van der Waals surface area contributed by atoms with Crippen molar-refractivity contribution in [1.29, 1.82) is 0 Å². The van der Waals surface area contributed by atoms with E-state index in [0.29, 0.717) is 36.8 Å². The first kappa shape index (κ1) is 26.7.